The summed E-state index contributed by atoms with van der Waals surface area (Å²) in [7, 11) is 11.9. The largest absolute Gasteiger partial charge is 0.388 e. The van der Waals surface area contributed by atoms with E-state index in [-0.39, 0.29) is 0 Å². The topological polar surface area (TPSA) is 15.7 Å². The van der Waals surface area contributed by atoms with Crippen molar-refractivity contribution in [3.05, 3.63) is 0 Å². The Kier molecular flexibility index (Phi) is 45.0. The molecular weight excluding hydrogens is 529 g/mol. The molecule has 0 aromatic heterocycles. The van der Waals surface area contributed by atoms with E-state index in [1.165, 1.54) is 0 Å². The third-order valence-corrected chi connectivity index (χ3v) is 12.9. The van der Waals surface area contributed by atoms with Gasteiger partial charge in [-0.05, 0) is 78.8 Å². The van der Waals surface area contributed by atoms with E-state index in [1.807, 2.05) is 38.6 Å². The van der Waals surface area contributed by atoms with Gasteiger partial charge in [0.1, 0.15) is 0 Å². The number of nitrogens with zero attached hydrogens (tertiary/aromatic N) is 2. The summed E-state index contributed by atoms with van der Waals surface area (Å²) in [6, 6.07) is 0.685. The van der Waals surface area contributed by atoms with Crippen molar-refractivity contribution in [2.45, 2.75) is 139 Å². The first kappa shape index (κ1) is 55.6. The van der Waals surface area contributed by atoms with Crippen LogP contribution in [0.4, 0.5) is 0 Å². The van der Waals surface area contributed by atoms with Crippen LogP contribution in [-0.2, 0) is 4.74 Å². The number of hydrogen-bond acceptors (Lipinski definition) is 4. The normalized spacial score (nSPS) is 11.2. The van der Waals surface area contributed by atoms with Crippen molar-refractivity contribution >= 4 is 27.9 Å². The van der Waals surface area contributed by atoms with E-state index in [4.69, 9.17) is 0 Å². The maximum atomic E-state index is 4.25. The summed E-state index contributed by atoms with van der Waals surface area (Å²) >= 11 is 1.75. The minimum atomic E-state index is -0.858. The molecule has 3 nitrogen and oxygen atoms in total. The van der Waals surface area contributed by atoms with Crippen LogP contribution in [0.1, 0.15) is 83.1 Å². The van der Waals surface area contributed by atoms with Crippen molar-refractivity contribution in [3.8, 4) is 0 Å². The first-order valence-corrected chi connectivity index (χ1v) is 23.8. The molecule has 0 rings (SSSR count). The summed E-state index contributed by atoms with van der Waals surface area (Å²) in [5, 5.41) is 0. The Morgan fingerprint density at radius 2 is 0.718 bits per heavy atom. The Hall–Kier alpha value is 0.664. The van der Waals surface area contributed by atoms with Crippen LogP contribution in [0, 0.1) is 17.3 Å². The fourth-order valence-corrected chi connectivity index (χ4v) is 2.67. The van der Waals surface area contributed by atoms with Crippen LogP contribution in [0.5, 0.6) is 0 Å². The van der Waals surface area contributed by atoms with Crippen molar-refractivity contribution in [1.82, 2.24) is 9.80 Å². The van der Waals surface area contributed by atoms with Crippen molar-refractivity contribution in [2.75, 3.05) is 62.0 Å². The van der Waals surface area contributed by atoms with Crippen LogP contribution in [0.2, 0.25) is 50.4 Å². The minimum Gasteiger partial charge on any atom is -0.388 e. The van der Waals surface area contributed by atoms with E-state index in [2.05, 4.69) is 146 Å². The molecular formula is C33H86N2OSSi2. The molecule has 0 saturated heterocycles. The average molecular weight is 615 g/mol. The van der Waals surface area contributed by atoms with Gasteiger partial charge in [0, 0.05) is 28.3 Å². The zero-order valence-electron chi connectivity index (χ0n) is 33.1. The second kappa shape index (κ2) is 31.6. The highest BCUT2D eigenvalue weighted by Gasteiger charge is 2.28. The van der Waals surface area contributed by atoms with Gasteiger partial charge in [-0.1, -0.05) is 120 Å². The third kappa shape index (κ3) is 63.3. The molecule has 0 aliphatic heterocycles. The van der Waals surface area contributed by atoms with E-state index in [0.29, 0.717) is 11.5 Å². The number of thioether (sulfide) groups is 1. The first-order chi connectivity index (χ1) is 17.0. The van der Waals surface area contributed by atoms with E-state index in [9.17, 15) is 0 Å². The van der Waals surface area contributed by atoms with Gasteiger partial charge in [0.2, 0.25) is 0 Å². The third-order valence-electron chi connectivity index (χ3n) is 6.98. The monoisotopic (exact) mass is 615 g/mol. The van der Waals surface area contributed by atoms with E-state index in [1.54, 1.807) is 26.0 Å². The molecule has 0 N–H and O–H groups in total. The summed E-state index contributed by atoms with van der Waals surface area (Å²) in [6.07, 6.45) is 4.08. The van der Waals surface area contributed by atoms with Crippen LogP contribution in [0.25, 0.3) is 0 Å². The van der Waals surface area contributed by atoms with Gasteiger partial charge >= 0.3 is 0 Å². The zero-order chi connectivity index (χ0) is 34.0. The van der Waals surface area contributed by atoms with Crippen LogP contribution >= 0.6 is 11.8 Å². The molecule has 0 aliphatic carbocycles. The summed E-state index contributed by atoms with van der Waals surface area (Å²) < 4.78 is 4.25. The number of ether oxygens (including phenoxy) is 1. The summed E-state index contributed by atoms with van der Waals surface area (Å²) in [6.45, 7) is 41.8. The van der Waals surface area contributed by atoms with Crippen molar-refractivity contribution < 1.29 is 4.74 Å². The lowest BCUT2D eigenvalue weighted by Crippen LogP contribution is -2.32. The van der Waals surface area contributed by atoms with Crippen LogP contribution in [-0.4, -0.2) is 94.0 Å². The Balaban J connectivity index is -0.0000000640. The first-order valence-electron chi connectivity index (χ1n) is 15.1. The van der Waals surface area contributed by atoms with Gasteiger partial charge in [0.25, 0.3) is 0 Å². The van der Waals surface area contributed by atoms with Crippen LogP contribution in [0.15, 0.2) is 0 Å². The van der Waals surface area contributed by atoms with Crippen molar-refractivity contribution in [2.24, 2.45) is 17.3 Å². The van der Waals surface area contributed by atoms with Gasteiger partial charge in [-0.2, -0.15) is 11.8 Å². The molecule has 0 aliphatic rings. The molecule has 0 bridgehead atoms. The smallest absolute Gasteiger partial charge is 0.0525 e. The molecule has 0 heterocycles. The number of hydrogen-bond donors (Lipinski definition) is 0. The molecule has 39 heavy (non-hydrogen) atoms. The molecule has 0 saturated carbocycles. The van der Waals surface area contributed by atoms with Crippen LogP contribution < -0.4 is 0 Å². The SMILES string of the molecule is CC(C)C(C)(C)C(C)C.CC(C)N(C)C.CC(C)[Si](C)(C)C(C)C.CN(C)C.COC.CSC.C[Si](C)(C)C. The molecule has 248 valence electrons. The molecule has 0 radical (unpaired) electrons. The van der Waals surface area contributed by atoms with Crippen LogP contribution in [0.3, 0.4) is 0 Å². The Bertz CT molecular complexity index is 383. The summed E-state index contributed by atoms with van der Waals surface area (Å²) in [4.78, 5) is 4.17. The highest BCUT2D eigenvalue weighted by atomic mass is 32.2. The number of methoxy groups -OCH3 is 1. The zero-order valence-corrected chi connectivity index (χ0v) is 35.9. The van der Waals surface area contributed by atoms with Crippen molar-refractivity contribution in [3.63, 3.8) is 0 Å². The highest BCUT2D eigenvalue weighted by Crippen LogP contribution is 2.34. The summed E-state index contributed by atoms with van der Waals surface area (Å²) in [5.74, 6) is 1.58. The van der Waals surface area contributed by atoms with Gasteiger partial charge < -0.3 is 14.5 Å². The predicted octanol–water partition coefficient (Wildman–Crippen LogP) is 11.2. The minimum absolute atomic E-state index is 0.500. The second-order valence-corrected chi connectivity index (χ2v) is 28.2. The van der Waals surface area contributed by atoms with Crippen molar-refractivity contribution in [1.29, 1.82) is 0 Å². The molecule has 0 unspecified atom stereocenters. The standard InChI is InChI=1S/C9H20.C8H20Si.C5H13N.C4H12Si.C3H9N.C2H6O.C2H6S/c2*1-7(2)9(5,6)8(3)4;1-5(2)6(3)4;1-5(2,3)4;1-4(2)3;2*1-3-2/h2*7-8H,1-6H3;5H,1-4H3;1-4H3;1-3H3;2*1-2H3. The summed E-state index contributed by atoms with van der Waals surface area (Å²) in [5.41, 5.74) is 2.36. The fraction of sp³-hybridized carbons (Fsp3) is 1.00. The molecule has 0 amide bonds. The maximum Gasteiger partial charge on any atom is 0.0525 e. The molecule has 0 aromatic carbocycles. The van der Waals surface area contributed by atoms with Gasteiger partial charge in [0.15, 0.2) is 0 Å². The molecule has 0 fully saturated rings. The number of rotatable bonds is 5. The quantitative estimate of drug-likeness (QED) is 0.286. The van der Waals surface area contributed by atoms with E-state index < -0.39 is 16.1 Å². The lowest BCUT2D eigenvalue weighted by Gasteiger charge is -2.33. The predicted molar refractivity (Wildman–Crippen MR) is 201 cm³/mol. The van der Waals surface area contributed by atoms with E-state index in [0.717, 1.165) is 22.9 Å². The molecule has 0 aromatic rings. The fourth-order valence-electron chi connectivity index (χ4n) is 1.33. The molecule has 0 atom stereocenters. The molecule has 6 heteroatoms. The lowest BCUT2D eigenvalue weighted by atomic mass is 9.72. The second-order valence-electron chi connectivity index (χ2n) is 15.5. The average Bonchev–Trinajstić information content (AvgIpc) is 2.67. The Morgan fingerprint density at radius 1 is 0.590 bits per heavy atom. The van der Waals surface area contributed by atoms with Gasteiger partial charge in [-0.15, -0.1) is 0 Å². The Morgan fingerprint density at radius 3 is 0.718 bits per heavy atom. The van der Waals surface area contributed by atoms with Gasteiger partial charge in [0.05, 0.1) is 8.07 Å². The van der Waals surface area contributed by atoms with Gasteiger partial charge in [-0.25, -0.2) is 0 Å². The molecule has 0 spiro atoms. The van der Waals surface area contributed by atoms with Gasteiger partial charge in [-0.3, -0.25) is 0 Å². The highest BCUT2D eigenvalue weighted by molar-refractivity contribution is 7.97. The lowest BCUT2D eigenvalue weighted by molar-refractivity contribution is 0.165. The maximum absolute atomic E-state index is 4.25. The Labute approximate surface area is 260 Å². The van der Waals surface area contributed by atoms with E-state index >= 15 is 0 Å².